The Labute approximate surface area is 458 Å². The van der Waals surface area contributed by atoms with Gasteiger partial charge in [0.15, 0.2) is 0 Å². The van der Waals surface area contributed by atoms with Crippen LogP contribution in [0.15, 0.2) is 205 Å². The van der Waals surface area contributed by atoms with Crippen LogP contribution in [0.2, 0.25) is 10.0 Å². The average Bonchev–Trinajstić information content (AvgIpc) is 3.74. The molecule has 0 aliphatic carbocycles. The Balaban J connectivity index is 0.947. The van der Waals surface area contributed by atoms with Crippen molar-refractivity contribution < 1.29 is 9.63 Å². The summed E-state index contributed by atoms with van der Waals surface area (Å²) in [5.41, 5.74) is 9.66. The van der Waals surface area contributed by atoms with Crippen LogP contribution in [0.1, 0.15) is 83.9 Å². The third-order valence-electron chi connectivity index (χ3n) is 15.2. The van der Waals surface area contributed by atoms with Crippen LogP contribution < -0.4 is 5.32 Å². The number of nitrogens with one attached hydrogen (secondary N) is 1. The summed E-state index contributed by atoms with van der Waals surface area (Å²) in [5, 5.41) is 9.22. The van der Waals surface area contributed by atoms with Crippen LogP contribution in [0.3, 0.4) is 0 Å². The summed E-state index contributed by atoms with van der Waals surface area (Å²) in [7, 11) is 1.65. The molecular formula is C64H68Cl2N4O2S2. The van der Waals surface area contributed by atoms with Gasteiger partial charge < -0.3 is 10.2 Å². The Morgan fingerprint density at radius 3 is 1.57 bits per heavy atom. The molecule has 2 aliphatic rings. The fourth-order valence-electron chi connectivity index (χ4n) is 11.9. The number of piperidine rings is 1. The van der Waals surface area contributed by atoms with Crippen LogP contribution in [0.4, 0.5) is 0 Å². The molecule has 1 N–H and O–H groups in total. The van der Waals surface area contributed by atoms with E-state index in [1.807, 2.05) is 29.6 Å². The Morgan fingerprint density at radius 1 is 0.649 bits per heavy atom. The van der Waals surface area contributed by atoms with Gasteiger partial charge in [-0.25, -0.2) is 0 Å². The maximum absolute atomic E-state index is 14.4. The molecular weight excluding hydrogens is 992 g/mol. The molecule has 2 fully saturated rings. The Kier molecular flexibility index (Phi) is 18.8. The molecule has 4 atom stereocenters. The fraction of sp³-hybridized carbons (Fsp3) is 0.312. The van der Waals surface area contributed by atoms with Crippen molar-refractivity contribution in [2.24, 2.45) is 11.1 Å². The SMILES string of the molecule is CC/C(=N\OC)[C@@H]1C2CCC(C[C@@H]1c1ccc(Cl)c(Cl)c1)N2CCCN(CCSC(c1ccccc1)(c1ccccc1)c1ccccc1)CC(=O)NCCSC(c1ccccc1)(c1ccccc1)c1ccccc1. The van der Waals surface area contributed by atoms with Crippen molar-refractivity contribution in [1.82, 2.24) is 15.1 Å². The van der Waals surface area contributed by atoms with Crippen molar-refractivity contribution in [2.45, 2.75) is 66.5 Å². The summed E-state index contributed by atoms with van der Waals surface area (Å²) in [5.74, 6) is 2.04. The van der Waals surface area contributed by atoms with Gasteiger partial charge in [0.2, 0.25) is 5.91 Å². The summed E-state index contributed by atoms with van der Waals surface area (Å²) < 4.78 is -0.909. The lowest BCUT2D eigenvalue weighted by Gasteiger charge is -2.45. The van der Waals surface area contributed by atoms with Gasteiger partial charge in [0.05, 0.1) is 31.8 Å². The largest absolute Gasteiger partial charge is 0.399 e. The number of thioether (sulfide) groups is 2. The highest BCUT2D eigenvalue weighted by Gasteiger charge is 2.49. The van der Waals surface area contributed by atoms with E-state index >= 15 is 0 Å². The van der Waals surface area contributed by atoms with E-state index in [1.165, 1.54) is 38.9 Å². The number of hydrogen-bond donors (Lipinski definition) is 1. The summed E-state index contributed by atoms with van der Waals surface area (Å²) >= 11 is 16.9. The number of carbonyl (C=O) groups excluding carboxylic acids is 1. The second-order valence-corrected chi connectivity index (χ2v) is 22.9. The monoisotopic (exact) mass is 1060 g/mol. The molecule has 7 aromatic rings. The van der Waals surface area contributed by atoms with E-state index in [4.69, 9.17) is 28.0 Å². The zero-order valence-electron chi connectivity index (χ0n) is 42.6. The lowest BCUT2D eigenvalue weighted by atomic mass is 9.73. The minimum absolute atomic E-state index is 0.0479. The van der Waals surface area contributed by atoms with Crippen LogP contribution in [-0.4, -0.2) is 84.8 Å². The molecule has 2 saturated heterocycles. The molecule has 6 nitrogen and oxygen atoms in total. The maximum Gasteiger partial charge on any atom is 0.234 e. The van der Waals surface area contributed by atoms with Crippen LogP contribution in [0, 0.1) is 5.92 Å². The van der Waals surface area contributed by atoms with Gasteiger partial charge in [-0.2, -0.15) is 0 Å². The normalized spacial score (nSPS) is 18.1. The van der Waals surface area contributed by atoms with E-state index in [9.17, 15) is 4.79 Å². The van der Waals surface area contributed by atoms with Gasteiger partial charge in [-0.1, -0.05) is 223 Å². The predicted octanol–water partition coefficient (Wildman–Crippen LogP) is 14.6. The van der Waals surface area contributed by atoms with Crippen molar-refractivity contribution in [1.29, 1.82) is 0 Å². The minimum atomic E-state index is -0.456. The number of fused-ring (bicyclic) bond motifs is 2. The quantitative estimate of drug-likeness (QED) is 0.0282. The van der Waals surface area contributed by atoms with E-state index < -0.39 is 9.49 Å². The van der Waals surface area contributed by atoms with Gasteiger partial charge in [-0.15, -0.1) is 23.5 Å². The molecule has 2 unspecified atom stereocenters. The molecule has 74 heavy (non-hydrogen) atoms. The van der Waals surface area contributed by atoms with Crippen LogP contribution in [0.5, 0.6) is 0 Å². The Bertz CT molecular complexity index is 2670. The zero-order valence-corrected chi connectivity index (χ0v) is 45.7. The molecule has 2 aliphatic heterocycles. The number of nitrogens with zero attached hydrogens (tertiary/aromatic N) is 3. The summed E-state index contributed by atoms with van der Waals surface area (Å²) in [6.07, 6.45) is 5.01. The van der Waals surface area contributed by atoms with Crippen LogP contribution >= 0.6 is 46.7 Å². The second-order valence-electron chi connectivity index (χ2n) is 19.4. The first-order valence-electron chi connectivity index (χ1n) is 26.3. The number of rotatable bonds is 24. The molecule has 2 heterocycles. The standard InChI is InChI=1S/C64H68Cl2N4O2S2/c1-3-59(68-72-2)62-56(48-35-37-57(65)58(66)45-48)46-55-36-38-60(62)70(55)41-22-40-69(42-44-74-64(52-29-16-7-17-30-52,53-31-18-8-19-32-53)54-33-20-9-21-34-54)47-61(71)67-39-43-73-63(49-23-10-4-11-24-49,50-25-12-5-13-26-50)51-27-14-6-15-28-51/h4-21,23-35,37,45,55-56,60,62H,3,22,36,38-44,46-47H2,1-2H3,(H,67,71)/b68-59+/t55?,56-,60?,62-/m1/s1. The lowest BCUT2D eigenvalue weighted by Crippen LogP contribution is -2.51. The van der Waals surface area contributed by atoms with Crippen molar-refractivity contribution in [3.05, 3.63) is 249 Å². The Morgan fingerprint density at radius 2 is 1.12 bits per heavy atom. The third kappa shape index (κ3) is 12.0. The maximum atomic E-state index is 14.4. The van der Waals surface area contributed by atoms with Gasteiger partial charge in [0.1, 0.15) is 7.11 Å². The van der Waals surface area contributed by atoms with Crippen LogP contribution in [0.25, 0.3) is 0 Å². The van der Waals surface area contributed by atoms with Crippen molar-refractivity contribution in [3.63, 3.8) is 0 Å². The molecule has 0 aromatic heterocycles. The number of amides is 1. The molecule has 10 heteroatoms. The smallest absolute Gasteiger partial charge is 0.234 e. The van der Waals surface area contributed by atoms with E-state index in [-0.39, 0.29) is 17.7 Å². The highest BCUT2D eigenvalue weighted by atomic mass is 35.5. The zero-order chi connectivity index (χ0) is 51.2. The van der Waals surface area contributed by atoms with E-state index in [1.54, 1.807) is 7.11 Å². The van der Waals surface area contributed by atoms with Gasteiger partial charge in [-0.05, 0) is 102 Å². The molecule has 0 saturated carbocycles. The number of halogens is 2. The summed E-state index contributed by atoms with van der Waals surface area (Å²) in [6, 6.07) is 71.9. The van der Waals surface area contributed by atoms with E-state index in [2.05, 4.69) is 221 Å². The molecule has 0 spiro atoms. The number of carbonyl (C=O) groups is 1. The molecule has 1 amide bonds. The average molecular weight is 1060 g/mol. The highest BCUT2D eigenvalue weighted by Crippen LogP contribution is 2.51. The first-order chi connectivity index (χ1) is 36.3. The number of benzene rings is 7. The molecule has 382 valence electrons. The molecule has 9 rings (SSSR count). The molecule has 2 bridgehead atoms. The van der Waals surface area contributed by atoms with Crippen molar-refractivity contribution >= 4 is 58.3 Å². The Hall–Kier alpha value is -5.32. The minimum Gasteiger partial charge on any atom is -0.399 e. The fourth-order valence-corrected chi connectivity index (χ4v) is 15.2. The highest BCUT2D eigenvalue weighted by molar-refractivity contribution is 8.00. The van der Waals surface area contributed by atoms with Gasteiger partial charge in [-0.3, -0.25) is 14.6 Å². The summed E-state index contributed by atoms with van der Waals surface area (Å²) in [6.45, 7) is 5.52. The molecule has 7 aromatic carbocycles. The number of hydrogen-bond acceptors (Lipinski definition) is 7. The lowest BCUT2D eigenvalue weighted by molar-refractivity contribution is -0.122. The topological polar surface area (TPSA) is 57.2 Å². The first-order valence-corrected chi connectivity index (χ1v) is 29.0. The first kappa shape index (κ1) is 53.5. The van der Waals surface area contributed by atoms with E-state index in [0.717, 1.165) is 69.0 Å². The van der Waals surface area contributed by atoms with Crippen molar-refractivity contribution in [3.8, 4) is 0 Å². The van der Waals surface area contributed by atoms with Gasteiger partial charge in [0, 0.05) is 42.6 Å². The van der Waals surface area contributed by atoms with Gasteiger partial charge in [0.25, 0.3) is 0 Å². The predicted molar refractivity (Wildman–Crippen MR) is 313 cm³/mol. The number of oxime groups is 1. The van der Waals surface area contributed by atoms with Gasteiger partial charge >= 0.3 is 0 Å². The van der Waals surface area contributed by atoms with Crippen molar-refractivity contribution in [2.75, 3.05) is 51.3 Å². The molecule has 0 radical (unpaired) electrons. The van der Waals surface area contributed by atoms with E-state index in [0.29, 0.717) is 35.2 Å². The second kappa shape index (κ2) is 26.0. The summed E-state index contributed by atoms with van der Waals surface area (Å²) in [4.78, 5) is 25.1. The van der Waals surface area contributed by atoms with Crippen LogP contribution in [-0.2, 0) is 19.1 Å². The third-order valence-corrected chi connectivity index (χ3v) is 19.0.